The minimum Gasteiger partial charge on any atom is -0.466 e. The average molecular weight is 884 g/mol. The van der Waals surface area contributed by atoms with Crippen molar-refractivity contribution in [3.05, 3.63) is 48.6 Å². The summed E-state index contributed by atoms with van der Waals surface area (Å²) in [6, 6.07) is -0.668. The SMILES string of the molecule is CCCC/C=C\C/C=C\CCCCCCCC(=O)OCCCCCC/C=C\CCCC(=O)NC(CO)C(O)/C=C/CCCCCCCCCCCCCCCCCCCCCCC. The monoisotopic (exact) mass is 884 g/mol. The molecule has 0 aromatic carbocycles. The molecule has 0 aromatic rings. The Bertz CT molecular complexity index is 1070. The first kappa shape index (κ1) is 60.8. The fourth-order valence-electron chi connectivity index (χ4n) is 8.06. The van der Waals surface area contributed by atoms with Crippen LogP contribution in [0.5, 0.6) is 0 Å². The van der Waals surface area contributed by atoms with Gasteiger partial charge in [-0.1, -0.05) is 236 Å². The number of hydrogen-bond donors (Lipinski definition) is 3. The van der Waals surface area contributed by atoms with Gasteiger partial charge >= 0.3 is 5.97 Å². The van der Waals surface area contributed by atoms with Crippen LogP contribution in [0.1, 0.15) is 277 Å². The Morgan fingerprint density at radius 2 is 0.825 bits per heavy atom. The molecule has 0 aliphatic carbocycles. The minimum absolute atomic E-state index is 0.0528. The summed E-state index contributed by atoms with van der Waals surface area (Å²) >= 11 is 0. The highest BCUT2D eigenvalue weighted by Gasteiger charge is 2.17. The Balaban J connectivity index is 3.58. The van der Waals surface area contributed by atoms with Crippen LogP contribution in [0.25, 0.3) is 0 Å². The summed E-state index contributed by atoms with van der Waals surface area (Å²) in [7, 11) is 0. The smallest absolute Gasteiger partial charge is 0.305 e. The topological polar surface area (TPSA) is 95.9 Å². The van der Waals surface area contributed by atoms with Crippen LogP contribution in [-0.2, 0) is 14.3 Å². The van der Waals surface area contributed by atoms with Crippen molar-refractivity contribution in [3.8, 4) is 0 Å². The largest absolute Gasteiger partial charge is 0.466 e. The molecule has 0 spiro atoms. The molecule has 2 unspecified atom stereocenters. The third kappa shape index (κ3) is 49.1. The summed E-state index contributed by atoms with van der Waals surface area (Å²) in [5.41, 5.74) is 0. The maximum absolute atomic E-state index is 12.4. The number of aliphatic hydroxyl groups excluding tert-OH is 2. The van der Waals surface area contributed by atoms with Gasteiger partial charge in [-0.2, -0.15) is 0 Å². The molecule has 6 nitrogen and oxygen atoms in total. The highest BCUT2D eigenvalue weighted by Crippen LogP contribution is 2.16. The highest BCUT2D eigenvalue weighted by molar-refractivity contribution is 5.76. The van der Waals surface area contributed by atoms with Crippen LogP contribution >= 0.6 is 0 Å². The Morgan fingerprint density at radius 1 is 0.444 bits per heavy atom. The lowest BCUT2D eigenvalue weighted by Gasteiger charge is -2.19. The number of amides is 1. The number of nitrogens with one attached hydrogen (secondary N) is 1. The quantitative estimate of drug-likeness (QED) is 0.0321. The Labute approximate surface area is 391 Å². The van der Waals surface area contributed by atoms with Crippen molar-refractivity contribution >= 4 is 11.9 Å². The lowest BCUT2D eigenvalue weighted by Crippen LogP contribution is -2.45. The van der Waals surface area contributed by atoms with E-state index in [0.29, 0.717) is 19.4 Å². The molecular weight excluding hydrogens is 779 g/mol. The van der Waals surface area contributed by atoms with Gasteiger partial charge < -0.3 is 20.3 Å². The first-order chi connectivity index (χ1) is 31.0. The van der Waals surface area contributed by atoms with Crippen molar-refractivity contribution in [1.29, 1.82) is 0 Å². The van der Waals surface area contributed by atoms with Crippen molar-refractivity contribution in [2.24, 2.45) is 0 Å². The van der Waals surface area contributed by atoms with Gasteiger partial charge in [0, 0.05) is 12.8 Å². The third-order valence-electron chi connectivity index (χ3n) is 12.3. The zero-order chi connectivity index (χ0) is 45.8. The first-order valence-electron chi connectivity index (χ1n) is 27.4. The average Bonchev–Trinajstić information content (AvgIpc) is 3.28. The van der Waals surface area contributed by atoms with Crippen LogP contribution in [0.3, 0.4) is 0 Å². The second kappa shape index (κ2) is 52.4. The molecule has 0 bridgehead atoms. The van der Waals surface area contributed by atoms with Gasteiger partial charge in [0.05, 0.1) is 25.4 Å². The van der Waals surface area contributed by atoms with Crippen molar-refractivity contribution in [1.82, 2.24) is 5.32 Å². The molecule has 2 atom stereocenters. The summed E-state index contributed by atoms with van der Waals surface area (Å²) in [6.45, 7) is 4.77. The molecule has 0 aromatic heterocycles. The summed E-state index contributed by atoms with van der Waals surface area (Å²) in [5, 5.41) is 23.1. The number of unbranched alkanes of at least 4 members (excludes halogenated alkanes) is 33. The molecule has 368 valence electrons. The summed E-state index contributed by atoms with van der Waals surface area (Å²) in [5.74, 6) is -0.182. The molecule has 3 N–H and O–H groups in total. The zero-order valence-electron chi connectivity index (χ0n) is 41.8. The Kier molecular flexibility index (Phi) is 50.6. The molecule has 63 heavy (non-hydrogen) atoms. The number of ether oxygens (including phenoxy) is 1. The van der Waals surface area contributed by atoms with E-state index in [0.717, 1.165) is 83.5 Å². The standard InChI is InChI=1S/C57H105NO5/c1-3-5-7-9-11-13-15-17-19-20-21-22-23-24-25-26-27-28-30-33-37-41-45-49-55(60)54(53-59)58-56(61)50-46-42-38-34-32-36-40-44-48-52-63-57(62)51-47-43-39-35-31-29-18-16-14-12-10-8-6-4-2/h10,12,16,18,34,38,45,49,54-55,59-60H,3-9,11,13-15,17,19-33,35-37,39-44,46-48,50-53H2,1-2H3,(H,58,61)/b12-10-,18-16-,38-34-,49-45+. The summed E-state index contributed by atoms with van der Waals surface area (Å²) in [4.78, 5) is 24.5. The first-order valence-corrected chi connectivity index (χ1v) is 27.4. The molecule has 0 aliphatic heterocycles. The van der Waals surface area contributed by atoms with Crippen molar-refractivity contribution < 1.29 is 24.5 Å². The normalized spacial score (nSPS) is 13.0. The Morgan fingerprint density at radius 3 is 1.30 bits per heavy atom. The van der Waals surface area contributed by atoms with Gasteiger partial charge in [-0.05, 0) is 77.0 Å². The van der Waals surface area contributed by atoms with Crippen LogP contribution < -0.4 is 5.32 Å². The van der Waals surface area contributed by atoms with Gasteiger partial charge in [0.2, 0.25) is 5.91 Å². The summed E-state index contributed by atoms with van der Waals surface area (Å²) < 4.78 is 5.43. The summed E-state index contributed by atoms with van der Waals surface area (Å²) in [6.07, 6.45) is 65.6. The van der Waals surface area contributed by atoms with Crippen LogP contribution in [0.15, 0.2) is 48.6 Å². The van der Waals surface area contributed by atoms with Crippen molar-refractivity contribution in [3.63, 3.8) is 0 Å². The second-order valence-electron chi connectivity index (χ2n) is 18.5. The van der Waals surface area contributed by atoms with Crippen molar-refractivity contribution in [2.75, 3.05) is 13.2 Å². The number of carbonyl (C=O) groups excluding carboxylic acids is 2. The molecule has 0 heterocycles. The molecule has 0 rings (SSSR count). The van der Waals surface area contributed by atoms with Gasteiger partial charge in [-0.25, -0.2) is 0 Å². The lowest BCUT2D eigenvalue weighted by atomic mass is 10.0. The van der Waals surface area contributed by atoms with E-state index >= 15 is 0 Å². The zero-order valence-corrected chi connectivity index (χ0v) is 41.8. The molecular formula is C57H105NO5. The number of hydrogen-bond acceptors (Lipinski definition) is 5. The van der Waals surface area contributed by atoms with Crippen LogP contribution in [0.2, 0.25) is 0 Å². The fourth-order valence-corrected chi connectivity index (χ4v) is 8.06. The number of allylic oxidation sites excluding steroid dienone is 7. The predicted molar refractivity (Wildman–Crippen MR) is 273 cm³/mol. The highest BCUT2D eigenvalue weighted by atomic mass is 16.5. The van der Waals surface area contributed by atoms with Crippen LogP contribution in [0.4, 0.5) is 0 Å². The molecule has 0 aliphatic rings. The van der Waals surface area contributed by atoms with E-state index in [2.05, 4.69) is 55.6 Å². The second-order valence-corrected chi connectivity index (χ2v) is 18.5. The lowest BCUT2D eigenvalue weighted by molar-refractivity contribution is -0.143. The number of esters is 1. The molecule has 0 saturated carbocycles. The molecule has 0 fully saturated rings. The molecule has 0 saturated heterocycles. The van der Waals surface area contributed by atoms with E-state index in [1.54, 1.807) is 6.08 Å². The van der Waals surface area contributed by atoms with E-state index < -0.39 is 12.1 Å². The minimum atomic E-state index is -0.878. The maximum Gasteiger partial charge on any atom is 0.305 e. The van der Waals surface area contributed by atoms with E-state index in [-0.39, 0.29) is 18.5 Å². The van der Waals surface area contributed by atoms with Crippen molar-refractivity contribution in [2.45, 2.75) is 289 Å². The fraction of sp³-hybridized carbons (Fsp3) is 0.825. The van der Waals surface area contributed by atoms with Gasteiger partial charge in [-0.15, -0.1) is 0 Å². The molecule has 6 heteroatoms. The van der Waals surface area contributed by atoms with E-state index in [9.17, 15) is 19.8 Å². The van der Waals surface area contributed by atoms with Crippen LogP contribution in [-0.4, -0.2) is 47.4 Å². The number of rotatable bonds is 50. The maximum atomic E-state index is 12.4. The third-order valence-corrected chi connectivity index (χ3v) is 12.3. The molecule has 0 radical (unpaired) electrons. The van der Waals surface area contributed by atoms with E-state index in [1.165, 1.54) is 167 Å². The number of aliphatic hydroxyl groups is 2. The Hall–Kier alpha value is -2.18. The van der Waals surface area contributed by atoms with E-state index in [4.69, 9.17) is 4.74 Å². The van der Waals surface area contributed by atoms with Gasteiger partial charge in [-0.3, -0.25) is 9.59 Å². The van der Waals surface area contributed by atoms with Gasteiger partial charge in [0.25, 0.3) is 0 Å². The van der Waals surface area contributed by atoms with E-state index in [1.807, 2.05) is 6.08 Å². The van der Waals surface area contributed by atoms with Gasteiger partial charge in [0.1, 0.15) is 0 Å². The van der Waals surface area contributed by atoms with Crippen LogP contribution in [0, 0.1) is 0 Å². The predicted octanol–water partition coefficient (Wildman–Crippen LogP) is 16.6. The number of carbonyl (C=O) groups is 2. The van der Waals surface area contributed by atoms with Gasteiger partial charge in [0.15, 0.2) is 0 Å². The molecule has 1 amide bonds.